The molecule has 0 radical (unpaired) electrons. The van der Waals surface area contributed by atoms with Gasteiger partial charge in [-0.2, -0.15) is 0 Å². The van der Waals surface area contributed by atoms with E-state index in [1.807, 2.05) is 0 Å². The molecule has 0 saturated heterocycles. The Hall–Kier alpha value is 0.440. The molecule has 0 aliphatic heterocycles. The van der Waals surface area contributed by atoms with Crippen LogP contribution in [0.5, 0.6) is 0 Å². The van der Waals surface area contributed by atoms with Gasteiger partial charge in [0.25, 0.3) is 0 Å². The van der Waals surface area contributed by atoms with Crippen LogP contribution >= 0.6 is 15.9 Å². The Labute approximate surface area is 85.7 Å². The van der Waals surface area contributed by atoms with Crippen molar-refractivity contribution in [1.29, 1.82) is 0 Å². The molecular weight excluding hydrogens is 214 g/mol. The van der Waals surface area contributed by atoms with Crippen molar-refractivity contribution in [1.82, 2.24) is 4.90 Å². The smallest absolute Gasteiger partial charge is 0.0159 e. The second kappa shape index (κ2) is 8.06. The highest BCUT2D eigenvalue weighted by molar-refractivity contribution is 9.09. The van der Waals surface area contributed by atoms with Gasteiger partial charge in [0.2, 0.25) is 0 Å². The highest BCUT2D eigenvalue weighted by atomic mass is 79.9. The molecule has 0 bridgehead atoms. The molecule has 0 rings (SSSR count). The third-order valence-electron chi connectivity index (χ3n) is 2.21. The van der Waals surface area contributed by atoms with Gasteiger partial charge in [0.05, 0.1) is 0 Å². The molecule has 0 N–H and O–H groups in total. The summed E-state index contributed by atoms with van der Waals surface area (Å²) in [5.74, 6) is 0. The fraction of sp³-hybridized carbons (Fsp3) is 1.00. The number of hydrogen-bond acceptors (Lipinski definition) is 1. The molecule has 0 aromatic rings. The first-order valence-electron chi connectivity index (χ1n) is 5.06. The molecule has 1 unspecified atom stereocenters. The minimum Gasteiger partial charge on any atom is -0.300 e. The van der Waals surface area contributed by atoms with Crippen molar-refractivity contribution in [3.63, 3.8) is 0 Å². The molecule has 0 amide bonds. The van der Waals surface area contributed by atoms with Crippen molar-refractivity contribution < 1.29 is 0 Å². The van der Waals surface area contributed by atoms with E-state index in [0.717, 1.165) is 11.4 Å². The van der Waals surface area contributed by atoms with E-state index < -0.39 is 0 Å². The Morgan fingerprint density at radius 2 is 1.83 bits per heavy atom. The van der Waals surface area contributed by atoms with Gasteiger partial charge in [-0.1, -0.05) is 36.2 Å². The molecule has 0 aromatic carbocycles. The van der Waals surface area contributed by atoms with E-state index in [9.17, 15) is 0 Å². The molecule has 2 heteroatoms. The summed E-state index contributed by atoms with van der Waals surface area (Å²) in [5, 5.41) is 1.10. The average Bonchev–Trinajstić information content (AvgIpc) is 2.04. The maximum absolute atomic E-state index is 3.50. The van der Waals surface area contributed by atoms with Gasteiger partial charge >= 0.3 is 0 Å². The molecule has 0 saturated carbocycles. The Morgan fingerprint density at radius 3 is 2.25 bits per heavy atom. The molecule has 0 heterocycles. The van der Waals surface area contributed by atoms with E-state index >= 15 is 0 Å². The van der Waals surface area contributed by atoms with Crippen molar-refractivity contribution in [3.05, 3.63) is 0 Å². The summed E-state index contributed by atoms with van der Waals surface area (Å²) in [6, 6.07) is 0.757. The number of nitrogens with zero attached hydrogens (tertiary/aromatic N) is 1. The van der Waals surface area contributed by atoms with E-state index in [2.05, 4.69) is 41.6 Å². The molecule has 0 aliphatic carbocycles. The molecule has 0 spiro atoms. The highest BCUT2D eigenvalue weighted by Crippen LogP contribution is 2.07. The number of rotatable bonds is 7. The molecule has 12 heavy (non-hydrogen) atoms. The van der Waals surface area contributed by atoms with Crippen molar-refractivity contribution >= 4 is 15.9 Å². The van der Waals surface area contributed by atoms with E-state index in [-0.39, 0.29) is 0 Å². The van der Waals surface area contributed by atoms with Crippen LogP contribution in [0.1, 0.15) is 40.0 Å². The van der Waals surface area contributed by atoms with Crippen LogP contribution in [-0.2, 0) is 0 Å². The van der Waals surface area contributed by atoms with Crippen LogP contribution in [0, 0.1) is 0 Å². The lowest BCUT2D eigenvalue weighted by Crippen LogP contribution is -2.35. The molecular formula is C10H22BrN. The van der Waals surface area contributed by atoms with Gasteiger partial charge in [0.15, 0.2) is 0 Å². The fourth-order valence-corrected chi connectivity index (χ4v) is 2.00. The third-order valence-corrected chi connectivity index (χ3v) is 2.57. The normalized spacial score (nSPS) is 13.8. The first-order valence-corrected chi connectivity index (χ1v) is 6.18. The van der Waals surface area contributed by atoms with Crippen LogP contribution in [0.2, 0.25) is 0 Å². The van der Waals surface area contributed by atoms with E-state index in [4.69, 9.17) is 0 Å². The first-order chi connectivity index (χ1) is 5.76. The summed E-state index contributed by atoms with van der Waals surface area (Å²) in [5.41, 5.74) is 0. The minimum absolute atomic E-state index is 0.757. The minimum atomic E-state index is 0.757. The Bertz CT molecular complexity index is 89.8. The third kappa shape index (κ3) is 5.15. The Balaban J connectivity index is 3.72. The van der Waals surface area contributed by atoms with Crippen LogP contribution < -0.4 is 0 Å². The maximum atomic E-state index is 3.50. The summed E-state index contributed by atoms with van der Waals surface area (Å²) >= 11 is 3.50. The molecule has 0 aromatic heterocycles. The summed E-state index contributed by atoms with van der Waals surface area (Å²) < 4.78 is 0. The van der Waals surface area contributed by atoms with Crippen LogP contribution in [0.15, 0.2) is 0 Å². The maximum Gasteiger partial charge on any atom is 0.0159 e. The average molecular weight is 236 g/mol. The lowest BCUT2D eigenvalue weighted by molar-refractivity contribution is 0.211. The highest BCUT2D eigenvalue weighted by Gasteiger charge is 2.10. The van der Waals surface area contributed by atoms with Gasteiger partial charge in [-0.15, -0.1) is 0 Å². The zero-order valence-corrected chi connectivity index (χ0v) is 10.2. The summed E-state index contributed by atoms with van der Waals surface area (Å²) in [7, 11) is 0. The zero-order valence-electron chi connectivity index (χ0n) is 8.65. The van der Waals surface area contributed by atoms with Crippen LogP contribution in [0.3, 0.4) is 0 Å². The largest absolute Gasteiger partial charge is 0.300 e. The van der Waals surface area contributed by atoms with Gasteiger partial charge in [0, 0.05) is 17.9 Å². The van der Waals surface area contributed by atoms with Crippen molar-refractivity contribution in [2.24, 2.45) is 0 Å². The molecule has 0 aliphatic rings. The predicted octanol–water partition coefficient (Wildman–Crippen LogP) is 3.28. The zero-order chi connectivity index (χ0) is 9.40. The predicted molar refractivity (Wildman–Crippen MR) is 60.0 cm³/mol. The Morgan fingerprint density at radius 1 is 1.17 bits per heavy atom. The van der Waals surface area contributed by atoms with Gasteiger partial charge in [-0.25, -0.2) is 0 Å². The van der Waals surface area contributed by atoms with Crippen molar-refractivity contribution in [3.8, 4) is 0 Å². The van der Waals surface area contributed by atoms with Crippen molar-refractivity contribution in [2.75, 3.05) is 18.4 Å². The fourth-order valence-electron chi connectivity index (χ4n) is 1.55. The summed E-state index contributed by atoms with van der Waals surface area (Å²) in [6.45, 7) is 9.28. The topological polar surface area (TPSA) is 3.24 Å². The van der Waals surface area contributed by atoms with Crippen molar-refractivity contribution in [2.45, 2.75) is 46.1 Å². The van der Waals surface area contributed by atoms with Gasteiger partial charge < -0.3 is 0 Å². The lowest BCUT2D eigenvalue weighted by Gasteiger charge is -2.27. The van der Waals surface area contributed by atoms with Gasteiger partial charge in [-0.3, -0.25) is 4.90 Å². The number of hydrogen-bond donors (Lipinski definition) is 0. The first kappa shape index (κ1) is 12.4. The van der Waals surface area contributed by atoms with E-state index in [1.54, 1.807) is 0 Å². The van der Waals surface area contributed by atoms with E-state index in [1.165, 1.54) is 32.4 Å². The second-order valence-corrected chi connectivity index (χ2v) is 4.16. The van der Waals surface area contributed by atoms with Crippen LogP contribution in [-0.4, -0.2) is 29.4 Å². The summed E-state index contributed by atoms with van der Waals surface area (Å²) in [4.78, 5) is 2.57. The molecule has 1 nitrogen and oxygen atoms in total. The molecule has 74 valence electrons. The lowest BCUT2D eigenvalue weighted by atomic mass is 10.1. The van der Waals surface area contributed by atoms with Gasteiger partial charge in [0.1, 0.15) is 0 Å². The van der Waals surface area contributed by atoms with Gasteiger partial charge in [-0.05, 0) is 26.3 Å². The van der Waals surface area contributed by atoms with Crippen LogP contribution in [0.25, 0.3) is 0 Å². The SMILES string of the molecule is CCCC(C)N(CCC)CCBr. The quantitative estimate of drug-likeness (QED) is 0.613. The Kier molecular flexibility index (Phi) is 8.35. The summed E-state index contributed by atoms with van der Waals surface area (Å²) in [6.07, 6.45) is 3.89. The number of alkyl halides is 1. The second-order valence-electron chi connectivity index (χ2n) is 3.36. The van der Waals surface area contributed by atoms with Crippen LogP contribution in [0.4, 0.5) is 0 Å². The standard InChI is InChI=1S/C10H22BrN/c1-4-6-10(3)12(8-5-2)9-7-11/h10H,4-9H2,1-3H3. The monoisotopic (exact) mass is 235 g/mol. The number of halogens is 1. The molecule has 1 atom stereocenters. The molecule has 0 fully saturated rings. The van der Waals surface area contributed by atoms with E-state index in [0.29, 0.717) is 0 Å².